The van der Waals surface area contributed by atoms with Gasteiger partial charge >= 0.3 is 6.03 Å². The van der Waals surface area contributed by atoms with Crippen molar-refractivity contribution in [3.63, 3.8) is 0 Å². The smallest absolute Gasteiger partial charge is 0.318 e. The van der Waals surface area contributed by atoms with Gasteiger partial charge in [-0.05, 0) is 52.3 Å². The van der Waals surface area contributed by atoms with E-state index < -0.39 is 15.4 Å². The maximum Gasteiger partial charge on any atom is 0.318 e. The van der Waals surface area contributed by atoms with Crippen LogP contribution in [-0.2, 0) is 26.9 Å². The lowest BCUT2D eigenvalue weighted by atomic mass is 10.1. The molecule has 1 saturated heterocycles. The van der Waals surface area contributed by atoms with Crippen LogP contribution in [0.4, 0.5) is 4.79 Å². The van der Waals surface area contributed by atoms with Crippen molar-refractivity contribution in [3.05, 3.63) is 46.7 Å². The molecule has 0 radical (unpaired) electrons. The van der Waals surface area contributed by atoms with Crippen molar-refractivity contribution in [1.29, 1.82) is 0 Å². The summed E-state index contributed by atoms with van der Waals surface area (Å²) in [6.45, 7) is 14.1. The van der Waals surface area contributed by atoms with Crippen LogP contribution in [0.1, 0.15) is 51.9 Å². The average Bonchev–Trinajstić information content (AvgIpc) is 3.21. The number of nitrogens with one attached hydrogen (secondary N) is 1. The SMILES string of the molecule is CC(C)n1c(CN(CCN2CCOCC2)C(=O)NC(C)(C)C)cnc1S(=O)(=O)Cc1cccc(Cl)c1. The van der Waals surface area contributed by atoms with Crippen LogP contribution in [0.5, 0.6) is 0 Å². The molecule has 1 N–H and O–H groups in total. The molecule has 1 aliphatic rings. The topological polar surface area (TPSA) is 96.8 Å². The molecule has 0 atom stereocenters. The maximum atomic E-state index is 13.4. The molecule has 9 nitrogen and oxygen atoms in total. The molecule has 0 bridgehead atoms. The summed E-state index contributed by atoms with van der Waals surface area (Å²) < 4.78 is 33.9. The van der Waals surface area contributed by atoms with Crippen molar-refractivity contribution in [1.82, 2.24) is 24.7 Å². The number of amides is 2. The Hall–Kier alpha value is -2.14. The van der Waals surface area contributed by atoms with E-state index in [0.717, 1.165) is 13.1 Å². The fourth-order valence-electron chi connectivity index (χ4n) is 4.12. The summed E-state index contributed by atoms with van der Waals surface area (Å²) in [6, 6.07) is 6.45. The Morgan fingerprint density at radius 2 is 1.94 bits per heavy atom. The third kappa shape index (κ3) is 7.93. The average molecular weight is 540 g/mol. The van der Waals surface area contributed by atoms with Crippen LogP contribution >= 0.6 is 11.6 Å². The normalized spacial score (nSPS) is 15.3. The zero-order valence-electron chi connectivity index (χ0n) is 21.8. The quantitative estimate of drug-likeness (QED) is 0.521. The number of imidazole rings is 1. The third-order valence-corrected chi connectivity index (χ3v) is 7.60. The predicted octanol–water partition coefficient (Wildman–Crippen LogP) is 3.73. The number of sulfone groups is 1. The number of urea groups is 1. The second kappa shape index (κ2) is 11.9. The van der Waals surface area contributed by atoms with E-state index in [1.807, 2.05) is 34.6 Å². The summed E-state index contributed by atoms with van der Waals surface area (Å²) in [6.07, 6.45) is 1.57. The number of benzene rings is 1. The Bertz CT molecular complexity index is 1140. The largest absolute Gasteiger partial charge is 0.379 e. The summed E-state index contributed by atoms with van der Waals surface area (Å²) in [7, 11) is -3.75. The molecular weight excluding hydrogens is 502 g/mol. The van der Waals surface area contributed by atoms with E-state index >= 15 is 0 Å². The third-order valence-electron chi connectivity index (χ3n) is 5.79. The number of rotatable bonds is 9. The van der Waals surface area contributed by atoms with Gasteiger partial charge in [-0.2, -0.15) is 0 Å². The zero-order valence-corrected chi connectivity index (χ0v) is 23.4. The Balaban J connectivity index is 1.86. The Kier molecular flexibility index (Phi) is 9.43. The van der Waals surface area contributed by atoms with E-state index in [1.54, 1.807) is 39.9 Å². The van der Waals surface area contributed by atoms with Gasteiger partial charge in [0.2, 0.25) is 15.0 Å². The van der Waals surface area contributed by atoms with Gasteiger partial charge in [0.1, 0.15) is 0 Å². The minimum absolute atomic E-state index is 0.00293. The molecule has 2 heterocycles. The number of hydrogen-bond donors (Lipinski definition) is 1. The summed E-state index contributed by atoms with van der Waals surface area (Å²) in [5, 5.41) is 3.51. The molecule has 0 unspecified atom stereocenters. The molecule has 1 fully saturated rings. The van der Waals surface area contributed by atoms with Gasteiger partial charge in [0.15, 0.2) is 0 Å². The summed E-state index contributed by atoms with van der Waals surface area (Å²) in [5.41, 5.74) is 0.859. The second-order valence-corrected chi connectivity index (χ2v) is 12.8. The monoisotopic (exact) mass is 539 g/mol. The molecule has 0 aliphatic carbocycles. The second-order valence-electron chi connectivity index (χ2n) is 10.4. The number of halogens is 1. The minimum atomic E-state index is -3.75. The van der Waals surface area contributed by atoms with Gasteiger partial charge < -0.3 is 19.5 Å². The zero-order chi connectivity index (χ0) is 26.5. The Morgan fingerprint density at radius 3 is 2.56 bits per heavy atom. The molecule has 0 spiro atoms. The van der Waals surface area contributed by atoms with Gasteiger partial charge in [-0.25, -0.2) is 18.2 Å². The molecule has 2 amide bonds. The number of ether oxygens (including phenoxy) is 1. The Morgan fingerprint density at radius 1 is 1.25 bits per heavy atom. The van der Waals surface area contributed by atoms with Gasteiger partial charge in [0.05, 0.1) is 37.4 Å². The van der Waals surface area contributed by atoms with Crippen molar-refractivity contribution in [3.8, 4) is 0 Å². The molecule has 1 aromatic carbocycles. The van der Waals surface area contributed by atoms with Crippen LogP contribution < -0.4 is 5.32 Å². The highest BCUT2D eigenvalue weighted by Crippen LogP contribution is 2.24. The number of carbonyl (C=O) groups excluding carboxylic acids is 1. The summed E-state index contributed by atoms with van der Waals surface area (Å²) >= 11 is 6.05. The van der Waals surface area contributed by atoms with Gasteiger partial charge in [-0.3, -0.25) is 4.90 Å². The lowest BCUT2D eigenvalue weighted by molar-refractivity contribution is 0.0344. The first-order valence-corrected chi connectivity index (χ1v) is 14.3. The van der Waals surface area contributed by atoms with Gasteiger partial charge in [0, 0.05) is 42.8 Å². The number of nitrogens with zero attached hydrogens (tertiary/aromatic N) is 4. The van der Waals surface area contributed by atoms with Crippen LogP contribution in [0.15, 0.2) is 35.6 Å². The van der Waals surface area contributed by atoms with Crippen LogP contribution in [-0.4, -0.2) is 78.7 Å². The first kappa shape index (κ1) is 28.4. The van der Waals surface area contributed by atoms with E-state index in [-0.39, 0.29) is 29.5 Å². The summed E-state index contributed by atoms with van der Waals surface area (Å²) in [5.74, 6) is -0.206. The molecule has 3 rings (SSSR count). The van der Waals surface area contributed by atoms with E-state index in [9.17, 15) is 13.2 Å². The molecule has 1 aromatic heterocycles. The predicted molar refractivity (Wildman–Crippen MR) is 141 cm³/mol. The highest BCUT2D eigenvalue weighted by molar-refractivity contribution is 7.90. The maximum absolute atomic E-state index is 13.4. The van der Waals surface area contributed by atoms with Crippen molar-refractivity contribution < 1.29 is 17.9 Å². The minimum Gasteiger partial charge on any atom is -0.379 e. The van der Waals surface area contributed by atoms with Crippen molar-refractivity contribution in [2.45, 2.75) is 63.7 Å². The molecule has 36 heavy (non-hydrogen) atoms. The highest BCUT2D eigenvalue weighted by Gasteiger charge is 2.28. The lowest BCUT2D eigenvalue weighted by Crippen LogP contribution is -2.50. The van der Waals surface area contributed by atoms with E-state index in [2.05, 4.69) is 15.2 Å². The standard InChI is InChI=1S/C25H38ClN5O4S/c1-19(2)31-22(16-27-24(31)36(33,34)18-20-7-6-8-21(26)15-20)17-30(23(32)28-25(3,4)5)10-9-29-11-13-35-14-12-29/h6-8,15-16,19H,9-14,17-18H2,1-5H3,(H,28,32). The Labute approximate surface area is 219 Å². The fraction of sp³-hybridized carbons (Fsp3) is 0.600. The van der Waals surface area contributed by atoms with E-state index in [1.165, 1.54) is 0 Å². The van der Waals surface area contributed by atoms with E-state index in [0.29, 0.717) is 42.6 Å². The van der Waals surface area contributed by atoms with Gasteiger partial charge in [0.25, 0.3) is 0 Å². The van der Waals surface area contributed by atoms with Crippen LogP contribution in [0, 0.1) is 0 Å². The number of morpholine rings is 1. The molecule has 11 heteroatoms. The lowest BCUT2D eigenvalue weighted by Gasteiger charge is -2.32. The van der Waals surface area contributed by atoms with Crippen molar-refractivity contribution in [2.75, 3.05) is 39.4 Å². The molecule has 0 saturated carbocycles. The van der Waals surface area contributed by atoms with Crippen LogP contribution in [0.3, 0.4) is 0 Å². The van der Waals surface area contributed by atoms with Crippen molar-refractivity contribution >= 4 is 27.5 Å². The summed E-state index contributed by atoms with van der Waals surface area (Å²) in [4.78, 5) is 21.5. The fourth-order valence-corrected chi connectivity index (χ4v) is 5.92. The van der Waals surface area contributed by atoms with E-state index in [4.69, 9.17) is 16.3 Å². The molecule has 200 valence electrons. The number of carbonyl (C=O) groups is 1. The molecule has 1 aliphatic heterocycles. The highest BCUT2D eigenvalue weighted by atomic mass is 35.5. The first-order chi connectivity index (χ1) is 16.9. The molecular formula is C25H38ClN5O4S. The van der Waals surface area contributed by atoms with Gasteiger partial charge in [-0.15, -0.1) is 0 Å². The number of hydrogen-bond acceptors (Lipinski definition) is 6. The first-order valence-electron chi connectivity index (χ1n) is 12.3. The van der Waals surface area contributed by atoms with Crippen molar-refractivity contribution in [2.24, 2.45) is 0 Å². The number of aromatic nitrogens is 2. The van der Waals surface area contributed by atoms with Gasteiger partial charge in [-0.1, -0.05) is 23.7 Å². The van der Waals surface area contributed by atoms with Crippen LogP contribution in [0.2, 0.25) is 5.02 Å². The van der Waals surface area contributed by atoms with Crippen LogP contribution in [0.25, 0.3) is 0 Å². The molecule has 2 aromatic rings.